The Kier molecular flexibility index (Phi) is 3.97. The molecular weight excluding hydrogens is 270 g/mol. The molecule has 0 fully saturated rings. The summed E-state index contributed by atoms with van der Waals surface area (Å²) in [7, 11) is -2.93. The Morgan fingerprint density at radius 2 is 2.00 bits per heavy atom. The van der Waals surface area contributed by atoms with Crippen molar-refractivity contribution in [2.45, 2.75) is 19.9 Å². The first kappa shape index (κ1) is 13.4. The van der Waals surface area contributed by atoms with Crippen LogP contribution in [0, 0.1) is 0 Å². The lowest BCUT2D eigenvalue weighted by molar-refractivity contribution is 0.588. The molecule has 0 aliphatic rings. The van der Waals surface area contributed by atoms with Gasteiger partial charge < -0.3 is 4.57 Å². The van der Waals surface area contributed by atoms with Gasteiger partial charge >= 0.3 is 0 Å². The number of aryl methyl sites for hydroxylation is 1. The molecule has 2 rings (SSSR count). The fourth-order valence-corrected chi connectivity index (χ4v) is 3.50. The Morgan fingerprint density at radius 3 is 2.72 bits per heavy atom. The lowest BCUT2D eigenvalue weighted by Crippen LogP contribution is -2.15. The van der Waals surface area contributed by atoms with Crippen molar-refractivity contribution in [1.29, 1.82) is 0 Å². The maximum atomic E-state index is 11.7. The van der Waals surface area contributed by atoms with E-state index in [1.807, 2.05) is 42.0 Å². The summed E-state index contributed by atoms with van der Waals surface area (Å²) in [5.74, 6) is 0.450. The van der Waals surface area contributed by atoms with Crippen molar-refractivity contribution < 1.29 is 8.42 Å². The average molecular weight is 286 g/mol. The molecule has 0 unspecified atom stereocenters. The van der Waals surface area contributed by atoms with Crippen LogP contribution in [0.3, 0.4) is 0 Å². The number of sulfone groups is 1. The van der Waals surface area contributed by atoms with Gasteiger partial charge in [0.25, 0.3) is 0 Å². The molecule has 0 aliphatic heterocycles. The zero-order chi connectivity index (χ0) is 13.2. The molecule has 1 heterocycles. The van der Waals surface area contributed by atoms with E-state index in [-0.39, 0.29) is 11.5 Å². The van der Waals surface area contributed by atoms with Gasteiger partial charge in [-0.05, 0) is 30.7 Å². The fraction of sp³-hybridized carbons (Fsp3) is 0.385. The number of halogens is 1. The van der Waals surface area contributed by atoms with E-state index in [1.165, 1.54) is 0 Å². The summed E-state index contributed by atoms with van der Waals surface area (Å²) in [6.07, 6.45) is 2.58. The molecular formula is C13H16ClNO2S. The Morgan fingerprint density at radius 1 is 1.22 bits per heavy atom. The van der Waals surface area contributed by atoms with E-state index in [0.717, 1.165) is 10.9 Å². The normalized spacial score (nSPS) is 12.1. The second-order valence-corrected chi connectivity index (χ2v) is 7.10. The number of rotatable bonds is 5. The van der Waals surface area contributed by atoms with Crippen LogP contribution in [0.15, 0.2) is 30.5 Å². The lowest BCUT2D eigenvalue weighted by Gasteiger charge is -2.06. The Bertz CT molecular complexity index is 646. The Labute approximate surface area is 112 Å². The van der Waals surface area contributed by atoms with E-state index in [4.69, 9.17) is 11.6 Å². The quantitative estimate of drug-likeness (QED) is 0.847. The van der Waals surface area contributed by atoms with E-state index >= 15 is 0 Å². The molecule has 0 bridgehead atoms. The van der Waals surface area contributed by atoms with Crippen LogP contribution in [0.2, 0.25) is 5.02 Å². The standard InChI is InChI=1S/C13H16ClNO2S/c1-2-8-18(16,17)9-7-15-6-5-11-10-12(14)3-4-13(11)15/h3-6,10H,2,7-9H2,1H3. The number of hydrogen-bond donors (Lipinski definition) is 0. The van der Waals surface area contributed by atoms with Crippen LogP contribution in [-0.4, -0.2) is 24.5 Å². The Hall–Kier alpha value is -1.00. The third kappa shape index (κ3) is 3.06. The van der Waals surface area contributed by atoms with E-state index in [9.17, 15) is 8.42 Å². The highest BCUT2D eigenvalue weighted by Gasteiger charge is 2.10. The summed E-state index contributed by atoms with van der Waals surface area (Å²) in [6.45, 7) is 2.37. The number of benzene rings is 1. The highest BCUT2D eigenvalue weighted by molar-refractivity contribution is 7.91. The lowest BCUT2D eigenvalue weighted by atomic mass is 10.2. The monoisotopic (exact) mass is 285 g/mol. The van der Waals surface area contributed by atoms with Gasteiger partial charge in [-0.1, -0.05) is 18.5 Å². The van der Waals surface area contributed by atoms with E-state index in [2.05, 4.69) is 0 Å². The summed E-state index contributed by atoms with van der Waals surface area (Å²) in [6, 6.07) is 7.58. The smallest absolute Gasteiger partial charge is 0.152 e. The molecule has 98 valence electrons. The maximum Gasteiger partial charge on any atom is 0.152 e. The molecule has 0 radical (unpaired) electrons. The van der Waals surface area contributed by atoms with Gasteiger partial charge in [-0.3, -0.25) is 0 Å². The summed E-state index contributed by atoms with van der Waals surface area (Å²) < 4.78 is 25.3. The number of fused-ring (bicyclic) bond motifs is 1. The van der Waals surface area contributed by atoms with Gasteiger partial charge in [0.2, 0.25) is 0 Å². The van der Waals surface area contributed by atoms with Gasteiger partial charge in [-0.15, -0.1) is 0 Å². The predicted molar refractivity (Wildman–Crippen MR) is 75.9 cm³/mol. The summed E-state index contributed by atoms with van der Waals surface area (Å²) in [5.41, 5.74) is 1.02. The third-order valence-electron chi connectivity index (χ3n) is 2.89. The highest BCUT2D eigenvalue weighted by atomic mass is 35.5. The van der Waals surface area contributed by atoms with Crippen molar-refractivity contribution in [1.82, 2.24) is 4.57 Å². The van der Waals surface area contributed by atoms with Crippen molar-refractivity contribution in [3.8, 4) is 0 Å². The van der Waals surface area contributed by atoms with Gasteiger partial charge in [-0.25, -0.2) is 8.42 Å². The van der Waals surface area contributed by atoms with Crippen LogP contribution < -0.4 is 0 Å². The van der Waals surface area contributed by atoms with Crippen molar-refractivity contribution in [2.75, 3.05) is 11.5 Å². The molecule has 1 aromatic carbocycles. The van der Waals surface area contributed by atoms with E-state index < -0.39 is 9.84 Å². The van der Waals surface area contributed by atoms with Crippen molar-refractivity contribution in [2.24, 2.45) is 0 Å². The summed E-state index contributed by atoms with van der Waals surface area (Å²) in [5, 5.41) is 1.73. The minimum Gasteiger partial charge on any atom is -0.346 e. The molecule has 0 spiro atoms. The van der Waals surface area contributed by atoms with Gasteiger partial charge in [0.1, 0.15) is 0 Å². The second-order valence-electron chi connectivity index (χ2n) is 4.36. The van der Waals surface area contributed by atoms with Crippen LogP contribution in [0.5, 0.6) is 0 Å². The van der Waals surface area contributed by atoms with Crippen LogP contribution in [0.25, 0.3) is 10.9 Å². The summed E-state index contributed by atoms with van der Waals surface area (Å²) in [4.78, 5) is 0. The van der Waals surface area contributed by atoms with Crippen LogP contribution >= 0.6 is 11.6 Å². The van der Waals surface area contributed by atoms with Crippen molar-refractivity contribution in [3.63, 3.8) is 0 Å². The minimum absolute atomic E-state index is 0.188. The SMILES string of the molecule is CCCS(=O)(=O)CCn1ccc2cc(Cl)ccc21. The topological polar surface area (TPSA) is 39.1 Å². The molecule has 0 atom stereocenters. The molecule has 5 heteroatoms. The van der Waals surface area contributed by atoms with E-state index in [0.29, 0.717) is 18.0 Å². The molecule has 1 aromatic heterocycles. The number of aromatic nitrogens is 1. The van der Waals surface area contributed by atoms with Crippen LogP contribution in [0.1, 0.15) is 13.3 Å². The maximum absolute atomic E-state index is 11.7. The van der Waals surface area contributed by atoms with Gasteiger partial charge in [0.05, 0.1) is 5.75 Å². The average Bonchev–Trinajstić information content (AvgIpc) is 2.68. The molecule has 0 N–H and O–H groups in total. The van der Waals surface area contributed by atoms with Crippen molar-refractivity contribution >= 4 is 32.3 Å². The molecule has 0 saturated heterocycles. The zero-order valence-corrected chi connectivity index (χ0v) is 11.8. The van der Waals surface area contributed by atoms with Crippen molar-refractivity contribution in [3.05, 3.63) is 35.5 Å². The molecule has 2 aromatic rings. The molecule has 18 heavy (non-hydrogen) atoms. The summed E-state index contributed by atoms with van der Waals surface area (Å²) >= 11 is 5.91. The predicted octanol–water partition coefficient (Wildman–Crippen LogP) is 3.12. The molecule has 0 saturated carbocycles. The zero-order valence-electron chi connectivity index (χ0n) is 10.3. The second kappa shape index (κ2) is 5.33. The van der Waals surface area contributed by atoms with Gasteiger partial charge in [-0.2, -0.15) is 0 Å². The fourth-order valence-electron chi connectivity index (χ4n) is 2.02. The molecule has 3 nitrogen and oxygen atoms in total. The molecule has 0 amide bonds. The highest BCUT2D eigenvalue weighted by Crippen LogP contribution is 2.20. The van der Waals surface area contributed by atoms with Crippen LogP contribution in [0.4, 0.5) is 0 Å². The number of hydrogen-bond acceptors (Lipinski definition) is 2. The molecule has 0 aliphatic carbocycles. The number of nitrogens with zero attached hydrogens (tertiary/aromatic N) is 1. The Balaban J connectivity index is 2.18. The third-order valence-corrected chi connectivity index (χ3v) is 4.96. The van der Waals surface area contributed by atoms with Gasteiger partial charge in [0.15, 0.2) is 9.84 Å². The first-order chi connectivity index (χ1) is 8.52. The van der Waals surface area contributed by atoms with Crippen LogP contribution in [-0.2, 0) is 16.4 Å². The minimum atomic E-state index is -2.93. The van der Waals surface area contributed by atoms with Gasteiger partial charge in [0, 0.05) is 34.4 Å². The first-order valence-corrected chi connectivity index (χ1v) is 8.16. The first-order valence-electron chi connectivity index (χ1n) is 5.96. The van der Waals surface area contributed by atoms with E-state index in [1.54, 1.807) is 0 Å². The largest absolute Gasteiger partial charge is 0.346 e.